The first-order valence-corrected chi connectivity index (χ1v) is 3.19. The van der Waals surface area contributed by atoms with Gasteiger partial charge in [0, 0.05) is 0 Å². The number of ether oxygens (including phenoxy) is 1. The molecule has 0 spiro atoms. The second-order valence-electron chi connectivity index (χ2n) is 1.95. The first-order valence-electron chi connectivity index (χ1n) is 3.19. The zero-order valence-corrected chi connectivity index (χ0v) is 5.86. The van der Waals surface area contributed by atoms with Crippen LogP contribution in [0, 0.1) is 0 Å². The normalized spacial score (nSPS) is 9.18. The summed E-state index contributed by atoms with van der Waals surface area (Å²) in [7, 11) is 0. The average molecular weight is 152 g/mol. The van der Waals surface area contributed by atoms with Crippen LogP contribution < -0.4 is 4.74 Å². The number of hydrogen-bond donors (Lipinski definition) is 1. The number of aliphatic hydroxyl groups is 1. The van der Waals surface area contributed by atoms with Gasteiger partial charge in [-0.05, 0) is 12.1 Å². The van der Waals surface area contributed by atoms with Crippen molar-refractivity contribution in [3.05, 3.63) is 30.3 Å². The number of carbonyl (C=O) groups is 1. The molecule has 3 heteroatoms. The first kappa shape index (κ1) is 7.75. The Bertz CT molecular complexity index is 230. The van der Waals surface area contributed by atoms with Crippen LogP contribution in [0.3, 0.4) is 0 Å². The molecule has 1 N–H and O–H groups in total. The van der Waals surface area contributed by atoms with Crippen LogP contribution in [0.15, 0.2) is 30.3 Å². The third-order valence-corrected chi connectivity index (χ3v) is 1.10. The number of rotatable bonds is 2. The molecule has 0 aromatic heterocycles. The quantitative estimate of drug-likeness (QED) is 0.498. The van der Waals surface area contributed by atoms with E-state index in [1.54, 1.807) is 24.3 Å². The summed E-state index contributed by atoms with van der Waals surface area (Å²) in [6.45, 7) is -0.588. The highest BCUT2D eigenvalue weighted by molar-refractivity contribution is 5.73. The molecule has 0 aliphatic carbocycles. The summed E-state index contributed by atoms with van der Waals surface area (Å²) in [6, 6.07) is 8.61. The van der Waals surface area contributed by atoms with E-state index in [2.05, 4.69) is 4.74 Å². The van der Waals surface area contributed by atoms with Crippen molar-refractivity contribution >= 4 is 5.97 Å². The van der Waals surface area contributed by atoms with Gasteiger partial charge < -0.3 is 9.84 Å². The number of aliphatic hydroxyl groups excluding tert-OH is 1. The van der Waals surface area contributed by atoms with Gasteiger partial charge in [-0.25, -0.2) is 4.79 Å². The predicted molar refractivity (Wildman–Crippen MR) is 39.2 cm³/mol. The van der Waals surface area contributed by atoms with E-state index in [9.17, 15) is 4.79 Å². The Morgan fingerprint density at radius 2 is 2.00 bits per heavy atom. The Morgan fingerprint density at radius 1 is 1.36 bits per heavy atom. The van der Waals surface area contributed by atoms with E-state index in [0.29, 0.717) is 5.75 Å². The summed E-state index contributed by atoms with van der Waals surface area (Å²) in [5.41, 5.74) is 0. The van der Waals surface area contributed by atoms with E-state index < -0.39 is 12.6 Å². The second kappa shape index (κ2) is 3.73. The molecular formula is C8H8O3. The summed E-state index contributed by atoms with van der Waals surface area (Å²) in [6.07, 6.45) is 0. The minimum atomic E-state index is -0.642. The molecule has 11 heavy (non-hydrogen) atoms. The van der Waals surface area contributed by atoms with Crippen molar-refractivity contribution in [2.24, 2.45) is 0 Å². The molecule has 58 valence electrons. The van der Waals surface area contributed by atoms with E-state index in [-0.39, 0.29) is 0 Å². The van der Waals surface area contributed by atoms with Crippen molar-refractivity contribution in [1.29, 1.82) is 0 Å². The van der Waals surface area contributed by atoms with Crippen LogP contribution in [0.4, 0.5) is 0 Å². The van der Waals surface area contributed by atoms with Crippen LogP contribution in [0.1, 0.15) is 0 Å². The summed E-state index contributed by atoms with van der Waals surface area (Å²) >= 11 is 0. The second-order valence-corrected chi connectivity index (χ2v) is 1.95. The molecule has 1 aromatic rings. The van der Waals surface area contributed by atoms with Crippen molar-refractivity contribution < 1.29 is 14.6 Å². The molecular weight excluding hydrogens is 144 g/mol. The molecule has 0 heterocycles. The summed E-state index contributed by atoms with van der Waals surface area (Å²) in [5, 5.41) is 8.32. The van der Waals surface area contributed by atoms with Crippen LogP contribution >= 0.6 is 0 Å². The van der Waals surface area contributed by atoms with Gasteiger partial charge in [-0.15, -0.1) is 0 Å². The third kappa shape index (κ3) is 2.39. The highest BCUT2D eigenvalue weighted by Gasteiger charge is 1.99. The molecule has 0 atom stereocenters. The van der Waals surface area contributed by atoms with Gasteiger partial charge in [0.1, 0.15) is 12.4 Å². The van der Waals surface area contributed by atoms with E-state index in [1.807, 2.05) is 6.07 Å². The molecule has 0 radical (unpaired) electrons. The topological polar surface area (TPSA) is 46.5 Å². The van der Waals surface area contributed by atoms with Gasteiger partial charge in [0.25, 0.3) is 0 Å². The van der Waals surface area contributed by atoms with Gasteiger partial charge in [0.15, 0.2) is 0 Å². The lowest BCUT2D eigenvalue weighted by Gasteiger charge is -1.99. The molecule has 1 aromatic carbocycles. The lowest BCUT2D eigenvalue weighted by Crippen LogP contribution is -2.11. The largest absolute Gasteiger partial charge is 0.425 e. The fourth-order valence-corrected chi connectivity index (χ4v) is 0.652. The summed E-state index contributed by atoms with van der Waals surface area (Å²) in [4.78, 5) is 10.5. The Kier molecular flexibility index (Phi) is 2.63. The van der Waals surface area contributed by atoms with Crippen molar-refractivity contribution in [2.45, 2.75) is 0 Å². The minimum absolute atomic E-state index is 0.451. The number of hydrogen-bond acceptors (Lipinski definition) is 3. The number of esters is 1. The van der Waals surface area contributed by atoms with Crippen LogP contribution in [-0.4, -0.2) is 17.7 Å². The Labute approximate surface area is 64.2 Å². The lowest BCUT2D eigenvalue weighted by molar-refractivity contribution is -0.137. The molecule has 0 unspecified atom stereocenters. The van der Waals surface area contributed by atoms with Crippen molar-refractivity contribution in [1.82, 2.24) is 0 Å². The van der Waals surface area contributed by atoms with E-state index in [1.165, 1.54) is 0 Å². The standard InChI is InChI=1S/C8H8O3/c9-6-8(10)11-7-4-2-1-3-5-7/h1-5,9H,6H2. The van der Waals surface area contributed by atoms with Crippen LogP contribution in [0.25, 0.3) is 0 Å². The Balaban J connectivity index is 2.58. The Morgan fingerprint density at radius 3 is 2.55 bits per heavy atom. The molecule has 0 saturated heterocycles. The van der Waals surface area contributed by atoms with E-state index in [4.69, 9.17) is 5.11 Å². The van der Waals surface area contributed by atoms with Gasteiger partial charge in [0.05, 0.1) is 0 Å². The van der Waals surface area contributed by atoms with Crippen molar-refractivity contribution in [3.8, 4) is 5.75 Å². The molecule has 0 saturated carbocycles. The molecule has 0 fully saturated rings. The summed E-state index contributed by atoms with van der Waals surface area (Å²) < 4.78 is 4.67. The van der Waals surface area contributed by atoms with Gasteiger partial charge in [0.2, 0.25) is 0 Å². The fraction of sp³-hybridized carbons (Fsp3) is 0.125. The average Bonchev–Trinajstić information content (AvgIpc) is 2.06. The first-order chi connectivity index (χ1) is 5.33. The monoisotopic (exact) mass is 152 g/mol. The molecule has 0 aliphatic rings. The highest BCUT2D eigenvalue weighted by atomic mass is 16.5. The van der Waals surface area contributed by atoms with Crippen LogP contribution in [0.2, 0.25) is 0 Å². The van der Waals surface area contributed by atoms with Crippen molar-refractivity contribution in [2.75, 3.05) is 6.61 Å². The number of para-hydroxylation sites is 1. The van der Waals surface area contributed by atoms with Gasteiger partial charge in [-0.2, -0.15) is 0 Å². The van der Waals surface area contributed by atoms with Gasteiger partial charge in [-0.1, -0.05) is 18.2 Å². The molecule has 0 bridgehead atoms. The van der Waals surface area contributed by atoms with Crippen LogP contribution in [-0.2, 0) is 4.79 Å². The zero-order chi connectivity index (χ0) is 8.10. The SMILES string of the molecule is O=C(CO)Oc1ccccc1. The molecule has 0 amide bonds. The molecule has 3 nitrogen and oxygen atoms in total. The van der Waals surface area contributed by atoms with Gasteiger partial charge >= 0.3 is 5.97 Å². The van der Waals surface area contributed by atoms with Gasteiger partial charge in [-0.3, -0.25) is 0 Å². The maximum absolute atomic E-state index is 10.5. The number of carbonyl (C=O) groups excluding carboxylic acids is 1. The fourth-order valence-electron chi connectivity index (χ4n) is 0.652. The Hall–Kier alpha value is -1.35. The van der Waals surface area contributed by atoms with E-state index in [0.717, 1.165) is 0 Å². The third-order valence-electron chi connectivity index (χ3n) is 1.10. The predicted octanol–water partition coefficient (Wildman–Crippen LogP) is 0.584. The van der Waals surface area contributed by atoms with Crippen LogP contribution in [0.5, 0.6) is 5.75 Å². The smallest absolute Gasteiger partial charge is 0.337 e. The zero-order valence-electron chi connectivity index (χ0n) is 5.86. The minimum Gasteiger partial charge on any atom is -0.425 e. The number of benzene rings is 1. The van der Waals surface area contributed by atoms with E-state index >= 15 is 0 Å². The molecule has 1 rings (SSSR count). The maximum atomic E-state index is 10.5. The maximum Gasteiger partial charge on any atom is 0.337 e. The molecule has 0 aliphatic heterocycles. The highest BCUT2D eigenvalue weighted by Crippen LogP contribution is 2.07. The lowest BCUT2D eigenvalue weighted by atomic mass is 10.3. The van der Waals surface area contributed by atoms with Crippen molar-refractivity contribution in [3.63, 3.8) is 0 Å². The summed E-state index contributed by atoms with van der Waals surface area (Å²) in [5.74, 6) is -0.192.